The summed E-state index contributed by atoms with van der Waals surface area (Å²) in [6.45, 7) is 1.79. The summed E-state index contributed by atoms with van der Waals surface area (Å²) in [6, 6.07) is -0.143. The molecule has 1 rings (SSSR count). The highest BCUT2D eigenvalue weighted by molar-refractivity contribution is 7.98. The molecule has 0 radical (unpaired) electrons. The van der Waals surface area contributed by atoms with Gasteiger partial charge in [0.25, 0.3) is 10.0 Å². The van der Waals surface area contributed by atoms with Crippen LogP contribution in [0.3, 0.4) is 0 Å². The molecule has 0 aromatic carbocycles. The predicted octanol–water partition coefficient (Wildman–Crippen LogP) is 0.150. The first-order chi connectivity index (χ1) is 6.95. The van der Waals surface area contributed by atoms with Crippen molar-refractivity contribution in [3.8, 4) is 0 Å². The Hall–Kier alpha value is -0.380. The molecule has 1 unspecified atom stereocenters. The van der Waals surface area contributed by atoms with Gasteiger partial charge in [0.05, 0.1) is 0 Å². The van der Waals surface area contributed by atoms with Gasteiger partial charge in [0, 0.05) is 11.8 Å². The van der Waals surface area contributed by atoms with E-state index in [2.05, 4.69) is 14.9 Å². The van der Waals surface area contributed by atoms with Crippen molar-refractivity contribution < 1.29 is 8.42 Å². The second kappa shape index (κ2) is 5.10. The minimum Gasteiger partial charge on any atom is -0.374 e. The molecule has 1 aromatic rings. The maximum Gasteiger partial charge on any atom is 0.270 e. The van der Waals surface area contributed by atoms with Gasteiger partial charge in [0.1, 0.15) is 0 Å². The Labute approximate surface area is 96.7 Å². The van der Waals surface area contributed by atoms with Crippen LogP contribution >= 0.6 is 23.1 Å². The molecule has 3 N–H and O–H groups in total. The fraction of sp³-hybridized carbons (Fsp3) is 0.667. The summed E-state index contributed by atoms with van der Waals surface area (Å²) in [6.07, 6.45) is 1.91. The van der Waals surface area contributed by atoms with Crippen LogP contribution in [0.1, 0.15) is 6.92 Å². The van der Waals surface area contributed by atoms with E-state index in [-0.39, 0.29) is 15.5 Å². The van der Waals surface area contributed by atoms with Crippen LogP contribution in [-0.4, -0.2) is 36.7 Å². The van der Waals surface area contributed by atoms with Gasteiger partial charge in [0.2, 0.25) is 9.47 Å². The van der Waals surface area contributed by atoms with E-state index in [1.807, 2.05) is 6.26 Å². The number of thioether (sulfide) groups is 1. The minimum atomic E-state index is -3.56. The van der Waals surface area contributed by atoms with Gasteiger partial charge in [-0.2, -0.15) is 11.8 Å². The van der Waals surface area contributed by atoms with Gasteiger partial charge in [-0.15, -0.1) is 10.2 Å². The van der Waals surface area contributed by atoms with E-state index >= 15 is 0 Å². The predicted molar refractivity (Wildman–Crippen MR) is 62.5 cm³/mol. The first-order valence-electron chi connectivity index (χ1n) is 4.06. The average Bonchev–Trinajstić information content (AvgIpc) is 2.51. The van der Waals surface area contributed by atoms with Gasteiger partial charge >= 0.3 is 0 Å². The summed E-state index contributed by atoms with van der Waals surface area (Å²) >= 11 is 2.42. The van der Waals surface area contributed by atoms with Crippen molar-refractivity contribution in [1.29, 1.82) is 0 Å². The quantitative estimate of drug-likeness (QED) is 0.789. The second-order valence-electron chi connectivity index (χ2n) is 2.88. The van der Waals surface area contributed by atoms with E-state index in [1.165, 1.54) is 0 Å². The maximum absolute atomic E-state index is 11.7. The lowest BCUT2D eigenvalue weighted by atomic mass is 10.4. The smallest absolute Gasteiger partial charge is 0.270 e. The van der Waals surface area contributed by atoms with Gasteiger partial charge in [0.15, 0.2) is 0 Å². The molecule has 0 fully saturated rings. The molecule has 9 heteroatoms. The number of nitrogen functional groups attached to an aromatic ring is 1. The molecular weight excluding hydrogens is 256 g/mol. The van der Waals surface area contributed by atoms with Gasteiger partial charge in [-0.3, -0.25) is 0 Å². The summed E-state index contributed by atoms with van der Waals surface area (Å²) < 4.78 is 25.7. The largest absolute Gasteiger partial charge is 0.374 e. The van der Waals surface area contributed by atoms with Gasteiger partial charge in [-0.25, -0.2) is 13.1 Å². The highest BCUT2D eigenvalue weighted by Gasteiger charge is 2.21. The molecule has 1 atom stereocenters. The Balaban J connectivity index is 2.76. The van der Waals surface area contributed by atoms with E-state index in [9.17, 15) is 8.42 Å². The lowest BCUT2D eigenvalue weighted by molar-refractivity contribution is 0.569. The third-order valence-electron chi connectivity index (χ3n) is 1.42. The molecule has 0 saturated heterocycles. The molecule has 86 valence electrons. The molecule has 0 bridgehead atoms. The number of nitrogens with zero attached hydrogens (tertiary/aromatic N) is 2. The molecular formula is C6H12N4O2S3. The average molecular weight is 268 g/mol. The number of sulfonamides is 1. The topological polar surface area (TPSA) is 98.0 Å². The zero-order valence-electron chi connectivity index (χ0n) is 8.30. The summed E-state index contributed by atoms with van der Waals surface area (Å²) in [5.74, 6) is 0.702. The third kappa shape index (κ3) is 3.59. The SMILES string of the molecule is CSCC(C)NS(=O)(=O)c1nnc(N)s1. The first kappa shape index (κ1) is 12.7. The van der Waals surface area contributed by atoms with Crippen LogP contribution in [0.2, 0.25) is 0 Å². The van der Waals surface area contributed by atoms with Gasteiger partial charge in [-0.05, 0) is 13.2 Å². The molecule has 15 heavy (non-hydrogen) atoms. The van der Waals surface area contributed by atoms with Crippen molar-refractivity contribution in [1.82, 2.24) is 14.9 Å². The summed E-state index contributed by atoms with van der Waals surface area (Å²) in [5, 5.41) is 7.09. The standard InChI is InChI=1S/C6H12N4O2S3/c1-4(3-13-2)10-15(11,12)6-9-8-5(7)14-6/h4,10H,3H2,1-2H3,(H2,7,8). The molecule has 1 heterocycles. The molecule has 6 nitrogen and oxygen atoms in total. The van der Waals surface area contributed by atoms with Crippen LogP contribution in [0, 0.1) is 0 Å². The number of hydrogen-bond acceptors (Lipinski definition) is 7. The monoisotopic (exact) mass is 268 g/mol. The van der Waals surface area contributed by atoms with Crippen LogP contribution < -0.4 is 10.5 Å². The Morgan fingerprint density at radius 1 is 1.60 bits per heavy atom. The Morgan fingerprint density at radius 2 is 2.27 bits per heavy atom. The number of nitrogens with one attached hydrogen (secondary N) is 1. The fourth-order valence-electron chi connectivity index (χ4n) is 0.928. The van der Waals surface area contributed by atoms with Crippen LogP contribution in [0.25, 0.3) is 0 Å². The van der Waals surface area contributed by atoms with Crippen LogP contribution in [0.15, 0.2) is 4.34 Å². The minimum absolute atomic E-state index is 0.0899. The molecule has 0 spiro atoms. The van der Waals surface area contributed by atoms with E-state index in [0.717, 1.165) is 11.3 Å². The summed E-state index contributed by atoms with van der Waals surface area (Å²) in [7, 11) is -3.56. The highest BCUT2D eigenvalue weighted by atomic mass is 32.2. The number of aromatic nitrogens is 2. The number of anilines is 1. The van der Waals surface area contributed by atoms with E-state index in [4.69, 9.17) is 5.73 Å². The van der Waals surface area contributed by atoms with Crippen LogP contribution in [0.4, 0.5) is 5.13 Å². The Morgan fingerprint density at radius 3 is 2.73 bits per heavy atom. The molecule has 1 aromatic heterocycles. The molecule has 0 aliphatic carbocycles. The zero-order valence-corrected chi connectivity index (χ0v) is 10.7. The fourth-order valence-corrected chi connectivity index (χ4v) is 3.66. The lowest BCUT2D eigenvalue weighted by Crippen LogP contribution is -2.34. The Kier molecular flexibility index (Phi) is 4.32. The normalized spacial score (nSPS) is 14.0. The number of nitrogens with two attached hydrogens (primary N) is 1. The van der Waals surface area contributed by atoms with Gasteiger partial charge in [-0.1, -0.05) is 11.3 Å². The molecule has 0 amide bonds. The van der Waals surface area contributed by atoms with Gasteiger partial charge < -0.3 is 5.73 Å². The van der Waals surface area contributed by atoms with Crippen molar-refractivity contribution in [2.24, 2.45) is 0 Å². The summed E-state index contributed by atoms with van der Waals surface area (Å²) in [4.78, 5) is 0. The van der Waals surface area contributed by atoms with Crippen molar-refractivity contribution in [2.45, 2.75) is 17.3 Å². The van der Waals surface area contributed by atoms with Crippen LogP contribution in [0.5, 0.6) is 0 Å². The Bertz CT molecular complexity index is 416. The van der Waals surface area contributed by atoms with Crippen molar-refractivity contribution in [2.75, 3.05) is 17.7 Å². The lowest BCUT2D eigenvalue weighted by Gasteiger charge is -2.10. The number of rotatable bonds is 5. The maximum atomic E-state index is 11.7. The van der Waals surface area contributed by atoms with E-state index in [0.29, 0.717) is 5.75 Å². The zero-order chi connectivity index (χ0) is 11.5. The van der Waals surface area contributed by atoms with Crippen molar-refractivity contribution >= 4 is 38.3 Å². The van der Waals surface area contributed by atoms with E-state index < -0.39 is 10.0 Å². The van der Waals surface area contributed by atoms with E-state index in [1.54, 1.807) is 18.7 Å². The molecule has 0 saturated carbocycles. The van der Waals surface area contributed by atoms with Crippen LogP contribution in [-0.2, 0) is 10.0 Å². The second-order valence-corrected chi connectivity index (χ2v) is 6.69. The third-order valence-corrected chi connectivity index (χ3v) is 4.97. The summed E-state index contributed by atoms with van der Waals surface area (Å²) in [5.41, 5.74) is 5.31. The first-order valence-corrected chi connectivity index (χ1v) is 7.75. The van der Waals surface area contributed by atoms with Crippen molar-refractivity contribution in [3.05, 3.63) is 0 Å². The van der Waals surface area contributed by atoms with Crippen molar-refractivity contribution in [3.63, 3.8) is 0 Å². The molecule has 0 aliphatic rings. The highest BCUT2D eigenvalue weighted by Crippen LogP contribution is 2.17. The number of hydrogen-bond donors (Lipinski definition) is 2. The molecule has 0 aliphatic heterocycles.